The zero-order valence-corrected chi connectivity index (χ0v) is 12.7. The van der Waals surface area contributed by atoms with Crippen molar-refractivity contribution in [2.24, 2.45) is 0 Å². The highest BCUT2D eigenvalue weighted by atomic mass is 16.5. The maximum absolute atomic E-state index is 12.0. The summed E-state index contributed by atoms with van der Waals surface area (Å²) in [6, 6.07) is 7.02. The molecule has 0 fully saturated rings. The first kappa shape index (κ1) is 17.2. The SMILES string of the molecule is CCCOc1ccc(C(=O)CCC(=O)NCCOC)cc1. The van der Waals surface area contributed by atoms with E-state index >= 15 is 0 Å². The van der Waals surface area contributed by atoms with Gasteiger partial charge in [0.25, 0.3) is 0 Å². The zero-order valence-electron chi connectivity index (χ0n) is 12.7. The van der Waals surface area contributed by atoms with Crippen LogP contribution in [0.15, 0.2) is 24.3 Å². The number of benzene rings is 1. The number of hydrogen-bond acceptors (Lipinski definition) is 4. The highest BCUT2D eigenvalue weighted by Gasteiger charge is 2.09. The number of Topliss-reactive ketones (excluding diaryl/α,β-unsaturated/α-hetero) is 1. The first-order valence-electron chi connectivity index (χ1n) is 7.19. The summed E-state index contributed by atoms with van der Waals surface area (Å²) in [5.74, 6) is 0.577. The van der Waals surface area contributed by atoms with E-state index in [1.54, 1.807) is 31.4 Å². The van der Waals surface area contributed by atoms with Crippen LogP contribution in [0.5, 0.6) is 5.75 Å². The monoisotopic (exact) mass is 293 g/mol. The van der Waals surface area contributed by atoms with Crippen molar-refractivity contribution in [3.05, 3.63) is 29.8 Å². The quantitative estimate of drug-likeness (QED) is 0.530. The molecule has 0 spiro atoms. The van der Waals surface area contributed by atoms with Gasteiger partial charge in [-0.25, -0.2) is 0 Å². The molecule has 0 saturated heterocycles. The van der Waals surface area contributed by atoms with Crippen molar-refractivity contribution in [3.63, 3.8) is 0 Å². The molecule has 1 N–H and O–H groups in total. The minimum atomic E-state index is -0.136. The molecule has 5 nitrogen and oxygen atoms in total. The molecular weight excluding hydrogens is 270 g/mol. The van der Waals surface area contributed by atoms with Crippen LogP contribution in [0.4, 0.5) is 0 Å². The average molecular weight is 293 g/mol. The molecule has 0 heterocycles. The van der Waals surface area contributed by atoms with Crippen molar-refractivity contribution in [2.75, 3.05) is 26.9 Å². The Kier molecular flexibility index (Phi) is 8.12. The second-order valence-electron chi connectivity index (χ2n) is 4.64. The molecule has 21 heavy (non-hydrogen) atoms. The van der Waals surface area contributed by atoms with E-state index in [0.29, 0.717) is 25.3 Å². The van der Waals surface area contributed by atoms with Crippen molar-refractivity contribution in [1.82, 2.24) is 5.32 Å². The van der Waals surface area contributed by atoms with Crippen molar-refractivity contribution in [3.8, 4) is 5.75 Å². The highest BCUT2D eigenvalue weighted by Crippen LogP contribution is 2.14. The molecule has 0 saturated carbocycles. The Balaban J connectivity index is 2.36. The van der Waals surface area contributed by atoms with Crippen LogP contribution in [0.25, 0.3) is 0 Å². The topological polar surface area (TPSA) is 64.6 Å². The van der Waals surface area contributed by atoms with Crippen LogP contribution in [0.3, 0.4) is 0 Å². The Morgan fingerprint density at radius 2 is 1.81 bits per heavy atom. The largest absolute Gasteiger partial charge is 0.494 e. The second kappa shape index (κ2) is 9.94. The third-order valence-electron chi connectivity index (χ3n) is 2.86. The van der Waals surface area contributed by atoms with Crippen LogP contribution >= 0.6 is 0 Å². The van der Waals surface area contributed by atoms with E-state index in [-0.39, 0.29) is 24.5 Å². The lowest BCUT2D eigenvalue weighted by Gasteiger charge is -2.06. The fraction of sp³-hybridized carbons (Fsp3) is 0.500. The van der Waals surface area contributed by atoms with Gasteiger partial charge in [-0.3, -0.25) is 9.59 Å². The molecule has 1 rings (SSSR count). The van der Waals surface area contributed by atoms with Gasteiger partial charge in [0.15, 0.2) is 5.78 Å². The Morgan fingerprint density at radius 1 is 1.10 bits per heavy atom. The lowest BCUT2D eigenvalue weighted by Crippen LogP contribution is -2.27. The summed E-state index contributed by atoms with van der Waals surface area (Å²) in [6.45, 7) is 3.64. The zero-order chi connectivity index (χ0) is 15.5. The Hall–Kier alpha value is -1.88. The molecule has 0 unspecified atom stereocenters. The fourth-order valence-electron chi connectivity index (χ4n) is 1.71. The summed E-state index contributed by atoms with van der Waals surface area (Å²) in [6.07, 6.45) is 1.34. The van der Waals surface area contributed by atoms with Gasteiger partial charge >= 0.3 is 0 Å². The van der Waals surface area contributed by atoms with E-state index in [9.17, 15) is 9.59 Å². The number of hydrogen-bond donors (Lipinski definition) is 1. The molecule has 0 bridgehead atoms. The molecule has 0 aromatic heterocycles. The number of ether oxygens (including phenoxy) is 2. The third kappa shape index (κ3) is 6.90. The first-order valence-corrected chi connectivity index (χ1v) is 7.19. The third-order valence-corrected chi connectivity index (χ3v) is 2.86. The maximum atomic E-state index is 12.0. The van der Waals surface area contributed by atoms with E-state index in [2.05, 4.69) is 5.32 Å². The molecule has 1 aromatic rings. The summed E-state index contributed by atoms with van der Waals surface area (Å²) < 4.78 is 10.3. The predicted octanol–water partition coefficient (Wildman–Crippen LogP) is 2.20. The normalized spacial score (nSPS) is 10.2. The summed E-state index contributed by atoms with van der Waals surface area (Å²) in [5.41, 5.74) is 0.600. The number of rotatable bonds is 10. The van der Waals surface area contributed by atoms with Gasteiger partial charge in [0.2, 0.25) is 5.91 Å². The van der Waals surface area contributed by atoms with Gasteiger partial charge in [-0.2, -0.15) is 0 Å². The average Bonchev–Trinajstić information content (AvgIpc) is 2.51. The van der Waals surface area contributed by atoms with Crippen molar-refractivity contribution >= 4 is 11.7 Å². The molecule has 0 radical (unpaired) electrons. The standard InChI is InChI=1S/C16H23NO4/c1-3-11-21-14-6-4-13(5-7-14)15(18)8-9-16(19)17-10-12-20-2/h4-7H,3,8-12H2,1-2H3,(H,17,19). The molecular formula is C16H23NO4. The number of nitrogens with one attached hydrogen (secondary N) is 1. The molecule has 0 aliphatic carbocycles. The van der Waals surface area contributed by atoms with Crippen LogP contribution in [-0.4, -0.2) is 38.6 Å². The van der Waals surface area contributed by atoms with E-state index in [0.717, 1.165) is 12.2 Å². The highest BCUT2D eigenvalue weighted by molar-refractivity contribution is 5.98. The number of ketones is 1. The minimum Gasteiger partial charge on any atom is -0.494 e. The van der Waals surface area contributed by atoms with Gasteiger partial charge in [-0.15, -0.1) is 0 Å². The lowest BCUT2D eigenvalue weighted by molar-refractivity contribution is -0.121. The summed E-state index contributed by atoms with van der Waals surface area (Å²) in [5, 5.41) is 2.69. The van der Waals surface area contributed by atoms with Gasteiger partial charge in [-0.05, 0) is 30.7 Å². The molecule has 0 aliphatic rings. The number of carbonyl (C=O) groups excluding carboxylic acids is 2. The van der Waals surface area contributed by atoms with Crippen LogP contribution in [0.1, 0.15) is 36.5 Å². The van der Waals surface area contributed by atoms with E-state index in [1.807, 2.05) is 6.92 Å². The van der Waals surface area contributed by atoms with Gasteiger partial charge in [0.1, 0.15) is 5.75 Å². The fourth-order valence-corrected chi connectivity index (χ4v) is 1.71. The maximum Gasteiger partial charge on any atom is 0.220 e. The van der Waals surface area contributed by atoms with Gasteiger partial charge in [0.05, 0.1) is 13.2 Å². The summed E-state index contributed by atoms with van der Waals surface area (Å²) in [7, 11) is 1.57. The van der Waals surface area contributed by atoms with Crippen molar-refractivity contribution in [2.45, 2.75) is 26.2 Å². The first-order chi connectivity index (χ1) is 10.2. The summed E-state index contributed by atoms with van der Waals surface area (Å²) >= 11 is 0. The van der Waals surface area contributed by atoms with Crippen LogP contribution < -0.4 is 10.1 Å². The molecule has 5 heteroatoms. The number of amides is 1. The Bertz CT molecular complexity index is 442. The minimum absolute atomic E-state index is 0.0427. The molecule has 1 aromatic carbocycles. The van der Waals surface area contributed by atoms with Crippen LogP contribution in [-0.2, 0) is 9.53 Å². The van der Waals surface area contributed by atoms with E-state index in [4.69, 9.17) is 9.47 Å². The van der Waals surface area contributed by atoms with Crippen molar-refractivity contribution < 1.29 is 19.1 Å². The number of carbonyl (C=O) groups is 2. The van der Waals surface area contributed by atoms with E-state index in [1.165, 1.54) is 0 Å². The molecule has 0 aliphatic heterocycles. The van der Waals surface area contributed by atoms with Gasteiger partial charge < -0.3 is 14.8 Å². The van der Waals surface area contributed by atoms with E-state index < -0.39 is 0 Å². The molecule has 1 amide bonds. The van der Waals surface area contributed by atoms with Gasteiger partial charge in [-0.1, -0.05) is 6.92 Å². The number of methoxy groups -OCH3 is 1. The predicted molar refractivity (Wildman–Crippen MR) is 80.7 cm³/mol. The van der Waals surface area contributed by atoms with Crippen LogP contribution in [0, 0.1) is 0 Å². The van der Waals surface area contributed by atoms with Crippen LogP contribution in [0.2, 0.25) is 0 Å². The second-order valence-corrected chi connectivity index (χ2v) is 4.64. The van der Waals surface area contributed by atoms with Crippen molar-refractivity contribution in [1.29, 1.82) is 0 Å². The lowest BCUT2D eigenvalue weighted by atomic mass is 10.1. The Labute approximate surface area is 125 Å². The summed E-state index contributed by atoms with van der Waals surface area (Å²) in [4.78, 5) is 23.4. The smallest absolute Gasteiger partial charge is 0.220 e. The molecule has 116 valence electrons. The van der Waals surface area contributed by atoms with Gasteiger partial charge in [0, 0.05) is 32.1 Å². The Morgan fingerprint density at radius 3 is 2.43 bits per heavy atom. The molecule has 0 atom stereocenters.